The van der Waals surface area contributed by atoms with Crippen molar-refractivity contribution < 1.29 is 17.9 Å². The zero-order valence-corrected chi connectivity index (χ0v) is 16.7. The number of anilines is 1. The van der Waals surface area contributed by atoms with Gasteiger partial charge in [0, 0.05) is 37.2 Å². The minimum atomic E-state index is -4.33. The lowest BCUT2D eigenvalue weighted by Crippen LogP contribution is -2.22. The molecule has 3 aromatic rings. The molecule has 0 atom stereocenters. The fourth-order valence-corrected chi connectivity index (χ4v) is 3.36. The Hall–Kier alpha value is -2.54. The number of fused-ring (bicyclic) bond motifs is 1. The Bertz CT molecular complexity index is 913. The normalized spacial score (nSPS) is 15.1. The molecule has 0 radical (unpaired) electrons. The quantitative estimate of drug-likeness (QED) is 0.589. The highest BCUT2D eigenvalue weighted by Gasteiger charge is 2.30. The Morgan fingerprint density at radius 3 is 2.45 bits per heavy atom. The molecule has 1 N–H and O–H groups in total. The molecule has 0 saturated carbocycles. The van der Waals surface area contributed by atoms with Crippen LogP contribution in [-0.4, -0.2) is 29.4 Å². The zero-order chi connectivity index (χ0) is 20.9. The van der Waals surface area contributed by atoms with E-state index in [4.69, 9.17) is 4.74 Å². The van der Waals surface area contributed by atoms with Crippen molar-refractivity contribution in [2.45, 2.75) is 32.9 Å². The average Bonchev–Trinajstić information content (AvgIpc) is 3.17. The summed E-state index contributed by atoms with van der Waals surface area (Å²) in [5.41, 5.74) is 2.69. The van der Waals surface area contributed by atoms with Crippen molar-refractivity contribution in [1.82, 2.24) is 9.61 Å². The molecule has 0 bridgehead atoms. The molecule has 0 amide bonds. The van der Waals surface area contributed by atoms with Gasteiger partial charge in [0.15, 0.2) is 0 Å². The molecule has 3 heterocycles. The number of hydrogen-bond donors (Lipinski definition) is 1. The number of nitrogens with one attached hydrogen (secondary N) is 1. The minimum Gasteiger partial charge on any atom is -0.385 e. The van der Waals surface area contributed by atoms with E-state index in [1.807, 2.05) is 32.2 Å². The first-order valence-electron chi connectivity index (χ1n) is 9.97. The molecule has 1 saturated heterocycles. The van der Waals surface area contributed by atoms with Crippen LogP contribution in [0.15, 0.2) is 48.8 Å². The number of nitrogens with zero attached hydrogens (tertiary/aromatic N) is 2. The molecule has 0 unspecified atom stereocenters. The molecular formula is C22H26F3N3O. The molecule has 156 valence electrons. The van der Waals surface area contributed by atoms with Crippen LogP contribution >= 0.6 is 0 Å². The van der Waals surface area contributed by atoms with Crippen LogP contribution in [0.1, 0.15) is 32.3 Å². The zero-order valence-electron chi connectivity index (χ0n) is 16.7. The van der Waals surface area contributed by atoms with Gasteiger partial charge >= 0.3 is 6.18 Å². The highest BCUT2D eigenvalue weighted by molar-refractivity contribution is 5.81. The predicted octanol–water partition coefficient (Wildman–Crippen LogP) is 5.88. The van der Waals surface area contributed by atoms with Crippen LogP contribution in [0.3, 0.4) is 0 Å². The number of hydrogen-bond acceptors (Lipinski definition) is 3. The van der Waals surface area contributed by atoms with Gasteiger partial charge < -0.3 is 10.1 Å². The van der Waals surface area contributed by atoms with E-state index in [9.17, 15) is 13.2 Å². The fourth-order valence-electron chi connectivity index (χ4n) is 3.36. The Kier molecular flexibility index (Phi) is 6.79. The van der Waals surface area contributed by atoms with Gasteiger partial charge in [0.2, 0.25) is 0 Å². The van der Waals surface area contributed by atoms with E-state index in [1.165, 1.54) is 12.1 Å². The van der Waals surface area contributed by atoms with E-state index in [1.54, 1.807) is 10.7 Å². The van der Waals surface area contributed by atoms with Crippen molar-refractivity contribution in [1.29, 1.82) is 0 Å². The summed E-state index contributed by atoms with van der Waals surface area (Å²) in [4.78, 5) is 0. The van der Waals surface area contributed by atoms with Gasteiger partial charge in [0.05, 0.1) is 17.3 Å². The van der Waals surface area contributed by atoms with Gasteiger partial charge in [-0.15, -0.1) is 0 Å². The maximum absolute atomic E-state index is 12.8. The second kappa shape index (κ2) is 9.31. The van der Waals surface area contributed by atoms with Gasteiger partial charge in [-0.2, -0.15) is 18.3 Å². The monoisotopic (exact) mass is 405 g/mol. The summed E-state index contributed by atoms with van der Waals surface area (Å²) in [5.74, 6) is 0.592. The third kappa shape index (κ3) is 5.09. The van der Waals surface area contributed by atoms with Gasteiger partial charge in [-0.05, 0) is 48.6 Å². The van der Waals surface area contributed by atoms with Gasteiger partial charge in [-0.3, -0.25) is 0 Å². The molecule has 1 aromatic carbocycles. The second-order valence-corrected chi connectivity index (χ2v) is 6.82. The number of alkyl halides is 3. The largest absolute Gasteiger partial charge is 0.416 e. The summed E-state index contributed by atoms with van der Waals surface area (Å²) in [6, 6.07) is 9.12. The summed E-state index contributed by atoms with van der Waals surface area (Å²) in [7, 11) is 0. The highest BCUT2D eigenvalue weighted by atomic mass is 19.4. The van der Waals surface area contributed by atoms with Crippen LogP contribution in [-0.2, 0) is 10.9 Å². The number of pyridine rings is 1. The van der Waals surface area contributed by atoms with Gasteiger partial charge in [-0.25, -0.2) is 4.52 Å². The number of rotatable bonds is 4. The second-order valence-electron chi connectivity index (χ2n) is 6.82. The summed E-state index contributed by atoms with van der Waals surface area (Å²) >= 11 is 0. The van der Waals surface area contributed by atoms with Crippen molar-refractivity contribution in [2.24, 2.45) is 5.92 Å². The lowest BCUT2D eigenvalue weighted by Gasteiger charge is -2.22. The molecule has 1 fully saturated rings. The van der Waals surface area contributed by atoms with Crippen molar-refractivity contribution in [2.75, 3.05) is 25.1 Å². The van der Waals surface area contributed by atoms with Crippen molar-refractivity contribution in [3.8, 4) is 11.1 Å². The van der Waals surface area contributed by atoms with Crippen LogP contribution in [0.4, 0.5) is 18.9 Å². The summed E-state index contributed by atoms with van der Waals surface area (Å²) in [6.07, 6.45) is 1.31. The smallest absolute Gasteiger partial charge is 0.385 e. The Morgan fingerprint density at radius 2 is 1.79 bits per heavy atom. The van der Waals surface area contributed by atoms with E-state index < -0.39 is 11.7 Å². The van der Waals surface area contributed by atoms with Gasteiger partial charge in [0.1, 0.15) is 0 Å². The van der Waals surface area contributed by atoms with E-state index in [0.717, 1.165) is 61.5 Å². The topological polar surface area (TPSA) is 38.6 Å². The highest BCUT2D eigenvalue weighted by Crippen LogP contribution is 2.32. The van der Waals surface area contributed by atoms with E-state index in [2.05, 4.69) is 10.4 Å². The molecular weight excluding hydrogens is 379 g/mol. The first kappa shape index (κ1) is 21.2. The lowest BCUT2D eigenvalue weighted by molar-refractivity contribution is -0.137. The number of aromatic nitrogens is 2. The SMILES string of the molecule is CC.FC(F)(F)c1ccc(-c2cnn3ccc(NCC4CCOCC4)cc23)cc1. The van der Waals surface area contributed by atoms with Crippen molar-refractivity contribution >= 4 is 11.2 Å². The Balaban J connectivity index is 0.00000117. The van der Waals surface area contributed by atoms with E-state index in [-0.39, 0.29) is 0 Å². The van der Waals surface area contributed by atoms with Gasteiger partial charge in [0.25, 0.3) is 0 Å². The van der Waals surface area contributed by atoms with E-state index in [0.29, 0.717) is 11.5 Å². The molecule has 2 aromatic heterocycles. The third-order valence-corrected chi connectivity index (χ3v) is 4.98. The molecule has 4 rings (SSSR count). The van der Waals surface area contributed by atoms with Crippen LogP contribution < -0.4 is 5.32 Å². The fraction of sp³-hybridized carbons (Fsp3) is 0.409. The minimum absolute atomic E-state index is 0.592. The average molecular weight is 405 g/mol. The van der Waals surface area contributed by atoms with Crippen molar-refractivity contribution in [3.05, 3.63) is 54.4 Å². The lowest BCUT2D eigenvalue weighted by atomic mass is 10.0. The first-order chi connectivity index (χ1) is 14.0. The molecule has 4 nitrogen and oxygen atoms in total. The van der Waals surface area contributed by atoms with Crippen LogP contribution in [0.2, 0.25) is 0 Å². The predicted molar refractivity (Wildman–Crippen MR) is 109 cm³/mol. The molecule has 0 aliphatic carbocycles. The standard InChI is InChI=1S/C20H20F3N3O.C2H6/c21-20(22,23)16-3-1-15(2-4-16)18-13-25-26-8-5-17(11-19(18)26)24-12-14-6-9-27-10-7-14;1-2/h1-5,8,11,13-14,24H,6-7,9-10,12H2;1-2H3. The van der Waals surface area contributed by atoms with Gasteiger partial charge in [-0.1, -0.05) is 26.0 Å². The number of benzene rings is 1. The Labute approximate surface area is 168 Å². The van der Waals surface area contributed by atoms with Crippen LogP contribution in [0, 0.1) is 5.92 Å². The molecule has 0 spiro atoms. The molecule has 1 aliphatic rings. The summed E-state index contributed by atoms with van der Waals surface area (Å²) in [5, 5.41) is 7.77. The Morgan fingerprint density at radius 1 is 1.10 bits per heavy atom. The van der Waals surface area contributed by atoms with Crippen LogP contribution in [0.5, 0.6) is 0 Å². The van der Waals surface area contributed by atoms with Crippen molar-refractivity contribution in [3.63, 3.8) is 0 Å². The molecule has 29 heavy (non-hydrogen) atoms. The maximum Gasteiger partial charge on any atom is 0.416 e. The molecule has 1 aliphatic heterocycles. The third-order valence-electron chi connectivity index (χ3n) is 4.98. The van der Waals surface area contributed by atoms with E-state index >= 15 is 0 Å². The van der Waals surface area contributed by atoms with Crippen LogP contribution in [0.25, 0.3) is 16.6 Å². The summed E-state index contributed by atoms with van der Waals surface area (Å²) < 4.78 is 45.4. The first-order valence-corrected chi connectivity index (χ1v) is 9.97. The number of ether oxygens (including phenoxy) is 1. The number of halogens is 3. The maximum atomic E-state index is 12.8. The summed E-state index contributed by atoms with van der Waals surface area (Å²) in [6.45, 7) is 6.50. The molecule has 7 heteroatoms.